The molecule has 0 saturated carbocycles. The Morgan fingerprint density at radius 1 is 0.352 bits per heavy atom. The molecule has 0 radical (unpaired) electrons. The second-order valence-electron chi connectivity index (χ2n) is 15.3. The third-order valence-corrected chi connectivity index (χ3v) is 10.9. The topological polar surface area (TPSA) is 77.4 Å². The van der Waals surface area contributed by atoms with Gasteiger partial charge in [0.05, 0.1) is 37.2 Å². The van der Waals surface area contributed by atoms with Crippen LogP contribution in [0.15, 0.2) is 36.4 Å². The summed E-state index contributed by atoms with van der Waals surface area (Å²) in [6.45, 7) is 11.2. The van der Waals surface area contributed by atoms with Gasteiger partial charge in [-0.05, 0) is 37.8 Å². The van der Waals surface area contributed by atoms with Gasteiger partial charge in [0.1, 0.15) is 34.5 Å². The van der Waals surface area contributed by atoms with E-state index < -0.39 is 0 Å². The molecule has 0 aromatic heterocycles. The number of unbranched alkanes of at least 4 members (excludes halogenated alkanes) is 16. The summed E-state index contributed by atoms with van der Waals surface area (Å²) in [7, 11) is 0. The summed E-state index contributed by atoms with van der Waals surface area (Å²) in [5.41, 5.74) is 0. The molecule has 54 heavy (non-hydrogen) atoms. The van der Waals surface area contributed by atoms with Gasteiger partial charge in [0.15, 0.2) is 0 Å². The number of phenols is 2. The van der Waals surface area contributed by atoms with Crippen molar-refractivity contribution < 1.29 is 29.2 Å². The van der Waals surface area contributed by atoms with Crippen LogP contribution in [0.3, 0.4) is 0 Å². The van der Waals surface area contributed by atoms with E-state index in [2.05, 4.69) is 27.7 Å². The Bertz CT molecular complexity index is 1830. The molecule has 2 N–H and O–H groups in total. The van der Waals surface area contributed by atoms with Gasteiger partial charge in [-0.2, -0.15) is 0 Å². The molecule has 1 aliphatic carbocycles. The maximum Gasteiger partial charge on any atom is 0.139 e. The number of benzene rings is 4. The molecule has 0 aliphatic heterocycles. The van der Waals surface area contributed by atoms with Gasteiger partial charge < -0.3 is 29.2 Å². The fourth-order valence-electron chi connectivity index (χ4n) is 7.91. The Morgan fingerprint density at radius 2 is 0.630 bits per heavy atom. The van der Waals surface area contributed by atoms with Crippen molar-refractivity contribution in [3.8, 4) is 34.5 Å². The molecular formula is C48H68O6. The van der Waals surface area contributed by atoms with Crippen LogP contribution >= 0.6 is 0 Å². The summed E-state index contributed by atoms with van der Waals surface area (Å²) in [5, 5.41) is 29.8. The lowest BCUT2D eigenvalue weighted by molar-refractivity contribution is 0.289. The number of rotatable bonds is 28. The molecule has 0 fully saturated rings. The standard InChI is InChI=1S/C48H68O6/c1-5-9-13-17-21-31-51-45-35-27-25-29-37(49)39(35)47(53-33-23-19-15-11-7-3)43-41(45)42-44(43)48(54-34-24-20-16-12-8-4)40-36(28-26-30-38(40)50)46(42)52-32-22-18-14-10-6-2/h25-30,49-50H,5-24,31-34H2,1-4H3. The zero-order chi connectivity index (χ0) is 38.1. The molecule has 0 bridgehead atoms. The normalized spacial score (nSPS) is 11.8. The average Bonchev–Trinajstić information content (AvgIpc) is 3.16. The van der Waals surface area contributed by atoms with Crippen LogP contribution in [0.5, 0.6) is 34.5 Å². The molecule has 6 nitrogen and oxygen atoms in total. The molecule has 0 saturated heterocycles. The molecule has 0 spiro atoms. The third kappa shape index (κ3) is 9.89. The van der Waals surface area contributed by atoms with Crippen LogP contribution in [0, 0.1) is 20.9 Å². The summed E-state index contributed by atoms with van der Waals surface area (Å²) in [5.74, 6) is 3.17. The smallest absolute Gasteiger partial charge is 0.139 e. The zero-order valence-corrected chi connectivity index (χ0v) is 34.0. The summed E-state index contributed by atoms with van der Waals surface area (Å²) in [6.07, 6.45) is 22.6. The van der Waals surface area contributed by atoms with Gasteiger partial charge in [0, 0.05) is 31.6 Å². The Morgan fingerprint density at radius 3 is 0.944 bits per heavy atom. The first kappa shape index (κ1) is 41.4. The summed E-state index contributed by atoms with van der Waals surface area (Å²) < 4.78 is 27.2. The van der Waals surface area contributed by atoms with Gasteiger partial charge in [-0.15, -0.1) is 0 Å². The Kier molecular flexibility index (Phi) is 16.8. The van der Waals surface area contributed by atoms with E-state index in [4.69, 9.17) is 18.9 Å². The fraction of sp³-hybridized carbons (Fsp3) is 0.583. The van der Waals surface area contributed by atoms with Gasteiger partial charge in [-0.3, -0.25) is 0 Å². The highest BCUT2D eigenvalue weighted by atomic mass is 16.5. The predicted octanol–water partition coefficient (Wildman–Crippen LogP) is 13.7. The second kappa shape index (κ2) is 21.9. The SMILES string of the molecule is CCCCCCCOc1c2c(c(OCCCCCCC)c3c(O)cccc13)=c1c(OCCCCCCC)c3c(O)cccc3c(OCCCCCCC)c1=2. The molecule has 4 aromatic rings. The maximum absolute atomic E-state index is 11.6. The molecule has 1 aliphatic rings. The lowest BCUT2D eigenvalue weighted by Crippen LogP contribution is -2.11. The van der Waals surface area contributed by atoms with Crippen LogP contribution < -0.4 is 18.9 Å². The van der Waals surface area contributed by atoms with Crippen molar-refractivity contribution >= 4 is 21.5 Å². The van der Waals surface area contributed by atoms with Crippen molar-refractivity contribution in [1.82, 2.24) is 0 Å². The lowest BCUT2D eigenvalue weighted by atomic mass is 9.90. The van der Waals surface area contributed by atoms with E-state index in [1.54, 1.807) is 12.1 Å². The second-order valence-corrected chi connectivity index (χ2v) is 15.3. The van der Waals surface area contributed by atoms with Gasteiger partial charge >= 0.3 is 0 Å². The highest BCUT2D eigenvalue weighted by molar-refractivity contribution is 6.02. The van der Waals surface area contributed by atoms with Crippen LogP contribution in [0.25, 0.3) is 21.5 Å². The average molecular weight is 741 g/mol. The zero-order valence-electron chi connectivity index (χ0n) is 34.0. The predicted molar refractivity (Wildman–Crippen MR) is 224 cm³/mol. The number of ether oxygens (including phenoxy) is 4. The molecule has 0 atom stereocenters. The Hall–Kier alpha value is -3.80. The van der Waals surface area contributed by atoms with Crippen LogP contribution in [0.1, 0.15) is 156 Å². The van der Waals surface area contributed by atoms with E-state index in [0.29, 0.717) is 48.7 Å². The molecule has 0 unspecified atom stereocenters. The maximum atomic E-state index is 11.6. The van der Waals surface area contributed by atoms with E-state index in [-0.39, 0.29) is 11.5 Å². The minimum Gasteiger partial charge on any atom is -0.507 e. The van der Waals surface area contributed by atoms with E-state index in [9.17, 15) is 10.2 Å². The van der Waals surface area contributed by atoms with E-state index >= 15 is 0 Å². The molecule has 0 amide bonds. The number of hydrogen-bond acceptors (Lipinski definition) is 6. The first-order chi connectivity index (χ1) is 26.6. The van der Waals surface area contributed by atoms with E-state index in [0.717, 1.165) is 94.5 Å². The summed E-state index contributed by atoms with van der Waals surface area (Å²) >= 11 is 0. The van der Waals surface area contributed by atoms with Crippen molar-refractivity contribution in [2.24, 2.45) is 0 Å². The molecule has 4 aromatic carbocycles. The first-order valence-electron chi connectivity index (χ1n) is 21.7. The highest BCUT2D eigenvalue weighted by Crippen LogP contribution is 2.50. The van der Waals surface area contributed by atoms with E-state index in [1.165, 1.54) is 77.0 Å². The molecule has 296 valence electrons. The monoisotopic (exact) mass is 741 g/mol. The lowest BCUT2D eigenvalue weighted by Gasteiger charge is -2.24. The minimum absolute atomic E-state index is 0.170. The number of fused-ring (bicyclic) bond motifs is 4. The number of hydrogen-bond donors (Lipinski definition) is 2. The Labute approximate surface area is 324 Å². The summed E-state index contributed by atoms with van der Waals surface area (Å²) in [6, 6.07) is 11.4. The molecular weight excluding hydrogens is 673 g/mol. The van der Waals surface area contributed by atoms with Crippen molar-refractivity contribution in [3.05, 3.63) is 57.3 Å². The van der Waals surface area contributed by atoms with E-state index in [1.807, 2.05) is 24.3 Å². The van der Waals surface area contributed by atoms with Crippen molar-refractivity contribution in [1.29, 1.82) is 0 Å². The molecule has 5 rings (SSSR count). The summed E-state index contributed by atoms with van der Waals surface area (Å²) in [4.78, 5) is 0. The van der Waals surface area contributed by atoms with Crippen molar-refractivity contribution in [2.45, 2.75) is 156 Å². The number of phenolic OH excluding ortho intramolecular Hbond substituents is 2. The minimum atomic E-state index is 0.170. The number of aromatic hydroxyl groups is 2. The quantitative estimate of drug-likeness (QED) is 0.0497. The molecule has 0 heterocycles. The van der Waals surface area contributed by atoms with Gasteiger partial charge in [-0.1, -0.05) is 155 Å². The largest absolute Gasteiger partial charge is 0.507 e. The van der Waals surface area contributed by atoms with Crippen molar-refractivity contribution in [2.75, 3.05) is 26.4 Å². The van der Waals surface area contributed by atoms with Crippen LogP contribution in [0.4, 0.5) is 0 Å². The van der Waals surface area contributed by atoms with Gasteiger partial charge in [0.25, 0.3) is 0 Å². The first-order valence-corrected chi connectivity index (χ1v) is 21.7. The Balaban J connectivity index is 1.75. The third-order valence-electron chi connectivity index (χ3n) is 10.9. The fourth-order valence-corrected chi connectivity index (χ4v) is 7.91. The van der Waals surface area contributed by atoms with Crippen LogP contribution in [0.2, 0.25) is 0 Å². The highest BCUT2D eigenvalue weighted by Gasteiger charge is 2.28. The van der Waals surface area contributed by atoms with Gasteiger partial charge in [-0.25, -0.2) is 0 Å². The van der Waals surface area contributed by atoms with Gasteiger partial charge in [0.2, 0.25) is 0 Å². The van der Waals surface area contributed by atoms with Crippen molar-refractivity contribution in [3.63, 3.8) is 0 Å². The van der Waals surface area contributed by atoms with Crippen LogP contribution in [-0.2, 0) is 0 Å². The van der Waals surface area contributed by atoms with Crippen LogP contribution in [-0.4, -0.2) is 36.6 Å². The molecule has 6 heteroatoms.